The number of nitrogens with zero attached hydrogens (tertiary/aromatic N) is 1. The Labute approximate surface area is 68.7 Å². The molecule has 0 saturated heterocycles. The summed E-state index contributed by atoms with van der Waals surface area (Å²) in [7, 11) is 1.81. The quantitative estimate of drug-likeness (QED) is 0.613. The lowest BCUT2D eigenvalue weighted by molar-refractivity contribution is 0.975. The SMILES string of the molecule is C=C(/N=C\C(=C/C)CC)NC. The van der Waals surface area contributed by atoms with E-state index >= 15 is 0 Å². The van der Waals surface area contributed by atoms with Gasteiger partial charge in [-0.1, -0.05) is 19.6 Å². The van der Waals surface area contributed by atoms with E-state index < -0.39 is 0 Å². The molecule has 0 aromatic carbocycles. The second-order valence-corrected chi connectivity index (χ2v) is 2.17. The van der Waals surface area contributed by atoms with Crippen molar-refractivity contribution in [2.75, 3.05) is 7.05 Å². The van der Waals surface area contributed by atoms with Gasteiger partial charge in [-0.2, -0.15) is 0 Å². The fourth-order valence-electron chi connectivity index (χ4n) is 0.595. The smallest absolute Gasteiger partial charge is 0.118 e. The molecule has 0 unspecified atom stereocenters. The fraction of sp³-hybridized carbons (Fsp3) is 0.444. The highest BCUT2D eigenvalue weighted by molar-refractivity contribution is 5.78. The minimum Gasteiger partial charge on any atom is -0.374 e. The summed E-state index contributed by atoms with van der Waals surface area (Å²) in [6, 6.07) is 0. The molecule has 1 N–H and O–H groups in total. The number of allylic oxidation sites excluding steroid dienone is 2. The van der Waals surface area contributed by atoms with E-state index in [1.807, 2.05) is 19.2 Å². The first-order valence-electron chi connectivity index (χ1n) is 3.80. The third-order valence-electron chi connectivity index (χ3n) is 1.45. The lowest BCUT2D eigenvalue weighted by Gasteiger charge is -1.96. The van der Waals surface area contributed by atoms with Gasteiger partial charge in [0.15, 0.2) is 0 Å². The van der Waals surface area contributed by atoms with Crippen LogP contribution in [0.3, 0.4) is 0 Å². The Morgan fingerprint density at radius 1 is 1.64 bits per heavy atom. The van der Waals surface area contributed by atoms with Crippen LogP contribution in [0.1, 0.15) is 20.3 Å². The van der Waals surface area contributed by atoms with Gasteiger partial charge in [0.2, 0.25) is 0 Å². The summed E-state index contributed by atoms with van der Waals surface area (Å²) in [5, 5.41) is 2.85. The van der Waals surface area contributed by atoms with E-state index in [4.69, 9.17) is 0 Å². The fourth-order valence-corrected chi connectivity index (χ4v) is 0.595. The van der Waals surface area contributed by atoms with Crippen molar-refractivity contribution < 1.29 is 0 Å². The molecule has 2 heteroatoms. The number of aliphatic imine (C=N–C) groups is 1. The second kappa shape index (κ2) is 5.71. The molecule has 0 atom stereocenters. The average Bonchev–Trinajstić information content (AvgIpc) is 2.06. The average molecular weight is 152 g/mol. The van der Waals surface area contributed by atoms with Crippen LogP contribution in [0.25, 0.3) is 0 Å². The predicted octanol–water partition coefficient (Wildman–Crippen LogP) is 2.10. The standard InChI is InChI=1S/C9H16N2/c1-5-9(6-2)7-11-8(3)10-4/h5,7,10H,3,6H2,1-2,4H3/b9-5-,11-7-. The minimum atomic E-state index is 0.692. The van der Waals surface area contributed by atoms with Crippen LogP contribution in [-0.2, 0) is 0 Å². The zero-order valence-electron chi connectivity index (χ0n) is 7.52. The van der Waals surface area contributed by atoms with E-state index in [9.17, 15) is 0 Å². The van der Waals surface area contributed by atoms with Gasteiger partial charge in [-0.25, -0.2) is 4.99 Å². The zero-order valence-corrected chi connectivity index (χ0v) is 7.52. The number of hydrogen-bond acceptors (Lipinski definition) is 2. The van der Waals surface area contributed by atoms with Gasteiger partial charge < -0.3 is 5.32 Å². The summed E-state index contributed by atoms with van der Waals surface area (Å²) in [6.07, 6.45) is 4.89. The van der Waals surface area contributed by atoms with E-state index in [2.05, 4.69) is 23.8 Å². The van der Waals surface area contributed by atoms with Crippen LogP contribution in [0.2, 0.25) is 0 Å². The molecule has 2 nitrogen and oxygen atoms in total. The van der Waals surface area contributed by atoms with E-state index in [0.29, 0.717) is 5.82 Å². The Morgan fingerprint density at radius 3 is 2.64 bits per heavy atom. The van der Waals surface area contributed by atoms with Crippen LogP contribution in [0.15, 0.2) is 29.0 Å². The van der Waals surface area contributed by atoms with Gasteiger partial charge in [0.1, 0.15) is 5.82 Å². The summed E-state index contributed by atoms with van der Waals surface area (Å²) in [5.41, 5.74) is 1.22. The molecule has 0 spiro atoms. The maximum absolute atomic E-state index is 4.09. The Morgan fingerprint density at radius 2 is 2.27 bits per heavy atom. The van der Waals surface area contributed by atoms with Gasteiger partial charge in [-0.3, -0.25) is 0 Å². The molecule has 0 aliphatic heterocycles. The topological polar surface area (TPSA) is 24.4 Å². The Hall–Kier alpha value is -1.05. The van der Waals surface area contributed by atoms with Crippen molar-refractivity contribution >= 4 is 6.21 Å². The van der Waals surface area contributed by atoms with Crippen molar-refractivity contribution in [1.82, 2.24) is 5.32 Å². The largest absolute Gasteiger partial charge is 0.374 e. The third-order valence-corrected chi connectivity index (χ3v) is 1.45. The molecule has 0 bridgehead atoms. The molecule has 11 heavy (non-hydrogen) atoms. The van der Waals surface area contributed by atoms with Gasteiger partial charge in [-0.05, 0) is 18.9 Å². The Bertz CT molecular complexity index is 178. The second-order valence-electron chi connectivity index (χ2n) is 2.17. The van der Waals surface area contributed by atoms with Crippen LogP contribution >= 0.6 is 0 Å². The number of rotatable bonds is 4. The molecule has 0 rings (SSSR count). The molecule has 0 aromatic heterocycles. The van der Waals surface area contributed by atoms with E-state index in [1.165, 1.54) is 5.57 Å². The monoisotopic (exact) mass is 152 g/mol. The number of nitrogens with one attached hydrogen (secondary N) is 1. The third kappa shape index (κ3) is 4.37. The van der Waals surface area contributed by atoms with Crippen LogP contribution in [0, 0.1) is 0 Å². The summed E-state index contributed by atoms with van der Waals surface area (Å²) in [4.78, 5) is 4.09. The van der Waals surface area contributed by atoms with Gasteiger partial charge in [-0.15, -0.1) is 0 Å². The lowest BCUT2D eigenvalue weighted by Crippen LogP contribution is -2.01. The van der Waals surface area contributed by atoms with Gasteiger partial charge in [0.25, 0.3) is 0 Å². The normalized spacial score (nSPS) is 12.1. The summed E-state index contributed by atoms with van der Waals surface area (Å²) >= 11 is 0. The first-order valence-corrected chi connectivity index (χ1v) is 3.80. The van der Waals surface area contributed by atoms with Gasteiger partial charge >= 0.3 is 0 Å². The van der Waals surface area contributed by atoms with Crippen LogP contribution in [-0.4, -0.2) is 13.3 Å². The summed E-state index contributed by atoms with van der Waals surface area (Å²) in [5.74, 6) is 0.692. The minimum absolute atomic E-state index is 0.692. The zero-order chi connectivity index (χ0) is 8.69. The predicted molar refractivity (Wildman–Crippen MR) is 50.7 cm³/mol. The molecule has 0 radical (unpaired) electrons. The molecular formula is C9H16N2. The molecule has 0 saturated carbocycles. The number of hydrogen-bond donors (Lipinski definition) is 1. The first-order chi connectivity index (χ1) is 5.24. The maximum atomic E-state index is 4.09. The molecule has 62 valence electrons. The highest BCUT2D eigenvalue weighted by Gasteiger charge is 1.85. The summed E-state index contributed by atoms with van der Waals surface area (Å²) < 4.78 is 0. The summed E-state index contributed by atoms with van der Waals surface area (Å²) in [6.45, 7) is 7.79. The maximum Gasteiger partial charge on any atom is 0.118 e. The van der Waals surface area contributed by atoms with Crippen molar-refractivity contribution in [3.8, 4) is 0 Å². The highest BCUT2D eigenvalue weighted by atomic mass is 15.0. The van der Waals surface area contributed by atoms with Crippen LogP contribution in [0.4, 0.5) is 0 Å². The van der Waals surface area contributed by atoms with Crippen molar-refractivity contribution in [3.63, 3.8) is 0 Å². The van der Waals surface area contributed by atoms with Crippen LogP contribution < -0.4 is 5.32 Å². The Balaban J connectivity index is 4.00. The van der Waals surface area contributed by atoms with Gasteiger partial charge in [0, 0.05) is 13.3 Å². The molecule has 0 aromatic rings. The lowest BCUT2D eigenvalue weighted by atomic mass is 10.2. The van der Waals surface area contributed by atoms with Crippen molar-refractivity contribution in [2.45, 2.75) is 20.3 Å². The first kappa shape index (κ1) is 9.95. The Kier molecular flexibility index (Phi) is 5.17. The molecule has 0 aliphatic rings. The molecule has 0 fully saturated rings. The van der Waals surface area contributed by atoms with E-state index in [1.54, 1.807) is 7.05 Å². The van der Waals surface area contributed by atoms with Crippen molar-refractivity contribution in [3.05, 3.63) is 24.0 Å². The molecular weight excluding hydrogens is 136 g/mol. The highest BCUT2D eigenvalue weighted by Crippen LogP contribution is 1.96. The van der Waals surface area contributed by atoms with Gasteiger partial charge in [0.05, 0.1) is 0 Å². The van der Waals surface area contributed by atoms with Crippen molar-refractivity contribution in [2.24, 2.45) is 4.99 Å². The van der Waals surface area contributed by atoms with Crippen LogP contribution in [0.5, 0.6) is 0 Å². The van der Waals surface area contributed by atoms with E-state index in [-0.39, 0.29) is 0 Å². The molecule has 0 heterocycles. The molecule has 0 amide bonds. The van der Waals surface area contributed by atoms with Crippen molar-refractivity contribution in [1.29, 1.82) is 0 Å². The molecule has 0 aliphatic carbocycles. The van der Waals surface area contributed by atoms with E-state index in [0.717, 1.165) is 6.42 Å².